The number of likely N-dealkylation sites (tertiary alicyclic amines) is 1. The lowest BCUT2D eigenvalue weighted by Gasteiger charge is -2.14. The number of carbonyl (C=O) groups excluding carboxylic acids is 2. The molecule has 1 aliphatic rings. The first-order valence-electron chi connectivity index (χ1n) is 6.93. The van der Waals surface area contributed by atoms with E-state index in [1.807, 2.05) is 42.5 Å². The molecule has 2 aromatic rings. The van der Waals surface area contributed by atoms with E-state index in [0.29, 0.717) is 13.0 Å². The molecule has 2 N–H and O–H groups in total. The molecule has 3 amide bonds. The SMILES string of the molecule is CN1CC(NC(=O)Nc2cccc3ccccc23)CC1=O. The third-order valence-electron chi connectivity index (χ3n) is 3.71. The molecule has 5 heteroatoms. The fraction of sp³-hybridized carbons (Fsp3) is 0.250. The quantitative estimate of drug-likeness (QED) is 0.887. The number of fused-ring (bicyclic) bond motifs is 1. The molecule has 0 radical (unpaired) electrons. The van der Waals surface area contributed by atoms with E-state index >= 15 is 0 Å². The molecular formula is C16H17N3O2. The molecule has 1 fully saturated rings. The maximum absolute atomic E-state index is 12.1. The van der Waals surface area contributed by atoms with Gasteiger partial charge in [0.05, 0.1) is 11.7 Å². The first-order chi connectivity index (χ1) is 10.1. The van der Waals surface area contributed by atoms with Gasteiger partial charge in [0.2, 0.25) is 5.91 Å². The molecule has 0 saturated carbocycles. The highest BCUT2D eigenvalue weighted by Gasteiger charge is 2.27. The van der Waals surface area contributed by atoms with Gasteiger partial charge in [-0.05, 0) is 11.5 Å². The zero-order valence-electron chi connectivity index (χ0n) is 11.8. The van der Waals surface area contributed by atoms with Crippen molar-refractivity contribution < 1.29 is 9.59 Å². The molecule has 5 nitrogen and oxygen atoms in total. The van der Waals surface area contributed by atoms with Crippen molar-refractivity contribution in [2.75, 3.05) is 18.9 Å². The molecule has 0 bridgehead atoms. The average Bonchev–Trinajstić information content (AvgIpc) is 2.77. The lowest BCUT2D eigenvalue weighted by atomic mass is 10.1. The van der Waals surface area contributed by atoms with Gasteiger partial charge in [0.25, 0.3) is 0 Å². The Balaban J connectivity index is 1.71. The van der Waals surface area contributed by atoms with E-state index in [2.05, 4.69) is 10.6 Å². The topological polar surface area (TPSA) is 61.4 Å². The van der Waals surface area contributed by atoms with Crippen molar-refractivity contribution in [1.82, 2.24) is 10.2 Å². The van der Waals surface area contributed by atoms with Gasteiger partial charge in [-0.15, -0.1) is 0 Å². The molecular weight excluding hydrogens is 266 g/mol. The predicted octanol–water partition coefficient (Wildman–Crippen LogP) is 2.19. The van der Waals surface area contributed by atoms with Crippen molar-refractivity contribution in [2.24, 2.45) is 0 Å². The second-order valence-electron chi connectivity index (χ2n) is 5.30. The van der Waals surface area contributed by atoms with Crippen LogP contribution in [0.3, 0.4) is 0 Å². The molecule has 0 spiro atoms. The first kappa shape index (κ1) is 13.4. The van der Waals surface area contributed by atoms with Gasteiger partial charge in [0.15, 0.2) is 0 Å². The van der Waals surface area contributed by atoms with E-state index in [1.165, 1.54) is 0 Å². The predicted molar refractivity (Wildman–Crippen MR) is 82.1 cm³/mol. The number of nitrogens with zero attached hydrogens (tertiary/aromatic N) is 1. The van der Waals surface area contributed by atoms with Crippen LogP contribution >= 0.6 is 0 Å². The second-order valence-corrected chi connectivity index (χ2v) is 5.30. The van der Waals surface area contributed by atoms with Gasteiger partial charge < -0.3 is 15.5 Å². The average molecular weight is 283 g/mol. The van der Waals surface area contributed by atoms with E-state index in [4.69, 9.17) is 0 Å². The van der Waals surface area contributed by atoms with Crippen LogP contribution in [0.2, 0.25) is 0 Å². The van der Waals surface area contributed by atoms with E-state index < -0.39 is 0 Å². The van der Waals surface area contributed by atoms with Gasteiger partial charge >= 0.3 is 6.03 Å². The molecule has 1 heterocycles. The number of nitrogens with one attached hydrogen (secondary N) is 2. The monoisotopic (exact) mass is 283 g/mol. The van der Waals surface area contributed by atoms with Crippen molar-refractivity contribution in [3.63, 3.8) is 0 Å². The highest BCUT2D eigenvalue weighted by Crippen LogP contribution is 2.22. The van der Waals surface area contributed by atoms with Crippen molar-refractivity contribution in [3.05, 3.63) is 42.5 Å². The Morgan fingerprint density at radius 1 is 1.19 bits per heavy atom. The number of amides is 3. The molecule has 2 aromatic carbocycles. The minimum atomic E-state index is -0.278. The molecule has 3 rings (SSSR count). The number of hydrogen-bond donors (Lipinski definition) is 2. The number of benzene rings is 2. The van der Waals surface area contributed by atoms with Crippen LogP contribution in [0.25, 0.3) is 10.8 Å². The van der Waals surface area contributed by atoms with Crippen LogP contribution in [0.1, 0.15) is 6.42 Å². The smallest absolute Gasteiger partial charge is 0.319 e. The lowest BCUT2D eigenvalue weighted by molar-refractivity contribution is -0.126. The minimum Gasteiger partial charge on any atom is -0.344 e. The standard InChI is InChI=1S/C16H17N3O2/c1-19-10-12(9-15(19)20)17-16(21)18-14-8-4-6-11-5-2-3-7-13(11)14/h2-8,12H,9-10H2,1H3,(H2,17,18,21). The summed E-state index contributed by atoms with van der Waals surface area (Å²) in [6.45, 7) is 0.557. The molecule has 0 aliphatic carbocycles. The molecule has 0 aromatic heterocycles. The summed E-state index contributed by atoms with van der Waals surface area (Å²) in [5.74, 6) is 0.0606. The highest BCUT2D eigenvalue weighted by atomic mass is 16.2. The third-order valence-corrected chi connectivity index (χ3v) is 3.71. The summed E-state index contributed by atoms with van der Waals surface area (Å²) in [5, 5.41) is 7.77. The maximum atomic E-state index is 12.1. The van der Waals surface area contributed by atoms with Gasteiger partial charge in [-0.25, -0.2) is 4.79 Å². The molecule has 1 saturated heterocycles. The van der Waals surface area contributed by atoms with Gasteiger partial charge in [-0.2, -0.15) is 0 Å². The van der Waals surface area contributed by atoms with Crippen LogP contribution < -0.4 is 10.6 Å². The Morgan fingerprint density at radius 2 is 1.95 bits per heavy atom. The largest absolute Gasteiger partial charge is 0.344 e. The van der Waals surface area contributed by atoms with E-state index in [9.17, 15) is 9.59 Å². The Bertz CT molecular complexity index is 693. The molecule has 1 aliphatic heterocycles. The van der Waals surface area contributed by atoms with E-state index in [-0.39, 0.29) is 18.0 Å². The van der Waals surface area contributed by atoms with E-state index in [0.717, 1.165) is 16.5 Å². The van der Waals surface area contributed by atoms with Crippen molar-refractivity contribution in [2.45, 2.75) is 12.5 Å². The summed E-state index contributed by atoms with van der Waals surface area (Å²) in [4.78, 5) is 25.2. The number of carbonyl (C=O) groups is 2. The Labute approximate surface area is 122 Å². The van der Waals surface area contributed by atoms with Crippen LogP contribution in [-0.4, -0.2) is 36.5 Å². The fourth-order valence-electron chi connectivity index (χ4n) is 2.64. The van der Waals surface area contributed by atoms with E-state index in [1.54, 1.807) is 11.9 Å². The summed E-state index contributed by atoms with van der Waals surface area (Å²) in [6.07, 6.45) is 0.361. The zero-order chi connectivity index (χ0) is 14.8. The van der Waals surface area contributed by atoms with Crippen LogP contribution in [0.4, 0.5) is 10.5 Å². The normalized spacial score (nSPS) is 18.0. The molecule has 21 heavy (non-hydrogen) atoms. The summed E-state index contributed by atoms with van der Waals surface area (Å²) in [7, 11) is 1.74. The van der Waals surface area contributed by atoms with Crippen LogP contribution in [0.5, 0.6) is 0 Å². The summed E-state index contributed by atoms with van der Waals surface area (Å²) in [6, 6.07) is 13.3. The fourth-order valence-corrected chi connectivity index (χ4v) is 2.64. The summed E-state index contributed by atoms with van der Waals surface area (Å²) >= 11 is 0. The number of anilines is 1. The number of rotatable bonds is 2. The van der Waals surface area contributed by atoms with Crippen molar-refractivity contribution in [1.29, 1.82) is 0 Å². The number of urea groups is 1. The zero-order valence-corrected chi connectivity index (χ0v) is 11.8. The minimum absolute atomic E-state index is 0.0606. The molecule has 1 unspecified atom stereocenters. The Hall–Kier alpha value is -2.56. The number of hydrogen-bond acceptors (Lipinski definition) is 2. The lowest BCUT2D eigenvalue weighted by Crippen LogP contribution is -2.39. The molecule has 108 valence electrons. The third kappa shape index (κ3) is 2.81. The highest BCUT2D eigenvalue weighted by molar-refractivity contribution is 6.01. The van der Waals surface area contributed by atoms with Crippen molar-refractivity contribution >= 4 is 28.4 Å². The summed E-state index contributed by atoms with van der Waals surface area (Å²) < 4.78 is 0. The summed E-state index contributed by atoms with van der Waals surface area (Å²) in [5.41, 5.74) is 0.767. The van der Waals surface area contributed by atoms with Gasteiger partial charge in [0.1, 0.15) is 0 Å². The number of likely N-dealkylation sites (N-methyl/N-ethyl adjacent to an activating group) is 1. The van der Waals surface area contributed by atoms with Gasteiger partial charge in [0, 0.05) is 25.4 Å². The first-order valence-corrected chi connectivity index (χ1v) is 6.93. The van der Waals surface area contributed by atoms with Crippen LogP contribution in [-0.2, 0) is 4.79 Å². The van der Waals surface area contributed by atoms with Gasteiger partial charge in [-0.1, -0.05) is 36.4 Å². The second kappa shape index (κ2) is 5.44. The molecule has 1 atom stereocenters. The van der Waals surface area contributed by atoms with Gasteiger partial charge in [-0.3, -0.25) is 4.79 Å². The van der Waals surface area contributed by atoms with Crippen LogP contribution in [0.15, 0.2) is 42.5 Å². The maximum Gasteiger partial charge on any atom is 0.319 e. The van der Waals surface area contributed by atoms with Crippen LogP contribution in [0, 0.1) is 0 Å². The Morgan fingerprint density at radius 3 is 2.71 bits per heavy atom. The Kier molecular flexibility index (Phi) is 3.48. The van der Waals surface area contributed by atoms with Crippen molar-refractivity contribution in [3.8, 4) is 0 Å².